The van der Waals surface area contributed by atoms with Crippen LogP contribution in [-0.2, 0) is 16.0 Å². The first-order chi connectivity index (χ1) is 14.5. The van der Waals surface area contributed by atoms with Crippen LogP contribution in [0.5, 0.6) is 11.5 Å². The molecule has 1 aromatic carbocycles. The van der Waals surface area contributed by atoms with Gasteiger partial charge < -0.3 is 29.2 Å². The summed E-state index contributed by atoms with van der Waals surface area (Å²) in [5.41, 5.74) is 0.761. The Morgan fingerprint density at radius 2 is 2.00 bits per heavy atom. The summed E-state index contributed by atoms with van der Waals surface area (Å²) in [5.74, 6) is 0.632. The highest BCUT2D eigenvalue weighted by Gasteiger charge is 2.19. The van der Waals surface area contributed by atoms with Crippen molar-refractivity contribution in [1.82, 2.24) is 9.88 Å². The van der Waals surface area contributed by atoms with E-state index in [2.05, 4.69) is 10.3 Å². The van der Waals surface area contributed by atoms with Crippen LogP contribution < -0.4 is 14.8 Å². The molecule has 0 aliphatic carbocycles. The summed E-state index contributed by atoms with van der Waals surface area (Å²) in [4.78, 5) is 30.7. The van der Waals surface area contributed by atoms with Gasteiger partial charge in [0.25, 0.3) is 0 Å². The second-order valence-corrected chi connectivity index (χ2v) is 7.05. The summed E-state index contributed by atoms with van der Waals surface area (Å²) in [6.45, 7) is 3.23. The lowest BCUT2D eigenvalue weighted by atomic mass is 10.2. The van der Waals surface area contributed by atoms with Gasteiger partial charge in [-0.05, 0) is 25.5 Å². The number of nitrogens with one attached hydrogen (secondary N) is 1. The smallest absolute Gasteiger partial charge is 0.357 e. The van der Waals surface area contributed by atoms with E-state index in [1.54, 1.807) is 49.6 Å². The number of aromatic nitrogens is 1. The molecular formula is C20H27N3O6S. The van der Waals surface area contributed by atoms with E-state index in [1.165, 1.54) is 18.4 Å². The van der Waals surface area contributed by atoms with Crippen LogP contribution in [0.2, 0.25) is 0 Å². The Balaban J connectivity index is 2.13. The summed E-state index contributed by atoms with van der Waals surface area (Å²) in [5, 5.41) is 5.12. The van der Waals surface area contributed by atoms with Crippen LogP contribution in [0, 0.1) is 0 Å². The number of urea groups is 1. The SMILES string of the molecule is CCOC(=O)c1csc(CN(CCCOC)C(=O)Nc2ccc(OC)cc2OC)n1. The summed E-state index contributed by atoms with van der Waals surface area (Å²) >= 11 is 1.30. The molecule has 164 valence electrons. The molecular weight excluding hydrogens is 410 g/mol. The first-order valence-corrected chi connectivity index (χ1v) is 10.3. The van der Waals surface area contributed by atoms with Gasteiger partial charge in [0, 0.05) is 31.7 Å². The minimum Gasteiger partial charge on any atom is -0.497 e. The lowest BCUT2D eigenvalue weighted by molar-refractivity contribution is 0.0520. The average molecular weight is 438 g/mol. The predicted molar refractivity (Wildman–Crippen MR) is 114 cm³/mol. The van der Waals surface area contributed by atoms with Crippen LogP contribution >= 0.6 is 11.3 Å². The number of carbonyl (C=O) groups excluding carboxylic acids is 2. The van der Waals surface area contributed by atoms with E-state index in [-0.39, 0.29) is 24.9 Å². The molecule has 0 fully saturated rings. The van der Waals surface area contributed by atoms with Gasteiger partial charge >= 0.3 is 12.0 Å². The molecule has 1 N–H and O–H groups in total. The van der Waals surface area contributed by atoms with Crippen LogP contribution in [0.3, 0.4) is 0 Å². The molecule has 1 heterocycles. The van der Waals surface area contributed by atoms with Gasteiger partial charge in [-0.25, -0.2) is 14.6 Å². The first-order valence-electron chi connectivity index (χ1n) is 9.40. The molecule has 0 radical (unpaired) electrons. The molecule has 0 unspecified atom stereocenters. The van der Waals surface area contributed by atoms with Crippen LogP contribution in [0.4, 0.5) is 10.5 Å². The molecule has 0 atom stereocenters. The number of rotatable bonds is 11. The van der Waals surface area contributed by atoms with Crippen molar-refractivity contribution in [3.05, 3.63) is 34.3 Å². The third-order valence-electron chi connectivity index (χ3n) is 4.08. The van der Waals surface area contributed by atoms with Crippen molar-refractivity contribution in [2.75, 3.05) is 46.4 Å². The van der Waals surface area contributed by atoms with Crippen molar-refractivity contribution in [3.8, 4) is 11.5 Å². The molecule has 1 aromatic heterocycles. The molecule has 0 bridgehead atoms. The maximum atomic E-state index is 12.9. The van der Waals surface area contributed by atoms with E-state index in [0.29, 0.717) is 41.8 Å². The van der Waals surface area contributed by atoms with Gasteiger partial charge in [-0.1, -0.05) is 0 Å². The molecule has 9 nitrogen and oxygen atoms in total. The zero-order valence-corrected chi connectivity index (χ0v) is 18.4. The first kappa shape index (κ1) is 23.4. The number of esters is 1. The van der Waals surface area contributed by atoms with E-state index in [4.69, 9.17) is 18.9 Å². The minimum atomic E-state index is -0.474. The number of ether oxygens (including phenoxy) is 4. The lowest BCUT2D eigenvalue weighted by Gasteiger charge is -2.23. The fraction of sp³-hybridized carbons (Fsp3) is 0.450. The number of benzene rings is 1. The molecule has 0 saturated carbocycles. The Morgan fingerprint density at radius 3 is 2.67 bits per heavy atom. The van der Waals surface area contributed by atoms with Crippen molar-refractivity contribution in [1.29, 1.82) is 0 Å². The molecule has 0 aliphatic rings. The van der Waals surface area contributed by atoms with Crippen molar-refractivity contribution in [3.63, 3.8) is 0 Å². The van der Waals surface area contributed by atoms with Gasteiger partial charge in [0.1, 0.15) is 16.5 Å². The van der Waals surface area contributed by atoms with E-state index in [1.807, 2.05) is 0 Å². The molecule has 0 aliphatic heterocycles. The number of methoxy groups -OCH3 is 3. The summed E-state index contributed by atoms with van der Waals surface area (Å²) in [6, 6.07) is 4.82. The monoisotopic (exact) mass is 437 g/mol. The molecule has 10 heteroatoms. The summed E-state index contributed by atoms with van der Waals surface area (Å²) in [6.07, 6.45) is 0.653. The molecule has 0 spiro atoms. The summed E-state index contributed by atoms with van der Waals surface area (Å²) < 4.78 is 20.6. The zero-order chi connectivity index (χ0) is 21.9. The van der Waals surface area contributed by atoms with Gasteiger partial charge in [0.2, 0.25) is 0 Å². The van der Waals surface area contributed by atoms with Crippen molar-refractivity contribution < 1.29 is 28.5 Å². The zero-order valence-electron chi connectivity index (χ0n) is 17.6. The second kappa shape index (κ2) is 12.0. The Bertz CT molecular complexity index is 842. The Kier molecular flexibility index (Phi) is 9.36. The van der Waals surface area contributed by atoms with Gasteiger partial charge in [0.05, 0.1) is 33.1 Å². The highest BCUT2D eigenvalue weighted by atomic mass is 32.1. The number of thiazole rings is 1. The maximum Gasteiger partial charge on any atom is 0.357 e. The van der Waals surface area contributed by atoms with E-state index in [9.17, 15) is 9.59 Å². The number of anilines is 1. The highest BCUT2D eigenvalue weighted by molar-refractivity contribution is 7.09. The number of hydrogen-bond donors (Lipinski definition) is 1. The fourth-order valence-corrected chi connectivity index (χ4v) is 3.37. The average Bonchev–Trinajstić information content (AvgIpc) is 3.22. The molecule has 30 heavy (non-hydrogen) atoms. The van der Waals surface area contributed by atoms with Crippen molar-refractivity contribution >= 4 is 29.0 Å². The number of hydrogen-bond acceptors (Lipinski definition) is 8. The Hall–Kier alpha value is -2.85. The molecule has 2 aromatic rings. The predicted octanol–water partition coefficient (Wildman–Crippen LogP) is 3.41. The van der Waals surface area contributed by atoms with Crippen molar-refractivity contribution in [2.45, 2.75) is 19.9 Å². The van der Waals surface area contributed by atoms with Crippen LogP contribution in [-0.4, -0.2) is 63.0 Å². The van der Waals surface area contributed by atoms with E-state index in [0.717, 1.165) is 0 Å². The van der Waals surface area contributed by atoms with E-state index >= 15 is 0 Å². The second-order valence-electron chi connectivity index (χ2n) is 6.11. The third-order valence-corrected chi connectivity index (χ3v) is 4.91. The number of carbonyl (C=O) groups is 2. The molecule has 0 saturated heterocycles. The third kappa shape index (κ3) is 6.60. The standard InChI is InChI=1S/C20H27N3O6S/c1-5-29-19(24)16-13-30-18(21-16)12-23(9-6-10-26-2)20(25)22-15-8-7-14(27-3)11-17(15)28-4/h7-8,11,13H,5-6,9-10,12H2,1-4H3,(H,22,25). The quantitative estimate of drug-likeness (QED) is 0.425. The minimum absolute atomic E-state index is 0.242. The van der Waals surface area contributed by atoms with Gasteiger partial charge in [-0.15, -0.1) is 11.3 Å². The van der Waals surface area contributed by atoms with Gasteiger partial charge in [-0.2, -0.15) is 0 Å². The normalized spacial score (nSPS) is 10.4. The molecule has 2 rings (SSSR count). The van der Waals surface area contributed by atoms with E-state index < -0.39 is 5.97 Å². The topological polar surface area (TPSA) is 99.2 Å². The van der Waals surface area contributed by atoms with Crippen LogP contribution in [0.1, 0.15) is 28.8 Å². The number of nitrogens with zero attached hydrogens (tertiary/aromatic N) is 2. The maximum absolute atomic E-state index is 12.9. The van der Waals surface area contributed by atoms with Gasteiger partial charge in [-0.3, -0.25) is 0 Å². The fourth-order valence-electron chi connectivity index (χ4n) is 2.59. The number of amides is 2. The highest BCUT2D eigenvalue weighted by Crippen LogP contribution is 2.29. The largest absolute Gasteiger partial charge is 0.497 e. The van der Waals surface area contributed by atoms with Crippen LogP contribution in [0.25, 0.3) is 0 Å². The Morgan fingerprint density at radius 1 is 1.20 bits per heavy atom. The summed E-state index contributed by atoms with van der Waals surface area (Å²) in [7, 11) is 4.69. The van der Waals surface area contributed by atoms with Crippen LogP contribution in [0.15, 0.2) is 23.6 Å². The van der Waals surface area contributed by atoms with Gasteiger partial charge in [0.15, 0.2) is 5.69 Å². The van der Waals surface area contributed by atoms with Crippen molar-refractivity contribution in [2.24, 2.45) is 0 Å². The lowest BCUT2D eigenvalue weighted by Crippen LogP contribution is -2.35. The molecule has 2 amide bonds. The Labute approximate surface area is 179 Å².